The molecule has 5 heteroatoms. The number of carbonyl (C=O) groups is 1. The lowest BCUT2D eigenvalue weighted by Crippen LogP contribution is -2.46. The predicted molar refractivity (Wildman–Crippen MR) is 41.0 cm³/mol. The summed E-state index contributed by atoms with van der Waals surface area (Å²) in [4.78, 5) is 12.9. The molecule has 0 unspecified atom stereocenters. The molecule has 5 nitrogen and oxygen atoms in total. The Morgan fingerprint density at radius 3 is 2.92 bits per heavy atom. The van der Waals surface area contributed by atoms with Crippen molar-refractivity contribution in [3.63, 3.8) is 0 Å². The zero-order chi connectivity index (χ0) is 9.16. The second-order valence-corrected chi connectivity index (χ2v) is 3.68. The molecule has 0 radical (unpaired) electrons. The quantitative estimate of drug-likeness (QED) is 0.537. The molecule has 0 aromatic carbocycles. The standard InChI is InChI=1S/C8H11NO4/c1-3-6-4-5(7(11-2)12-3)9(4)8(10)13-6/h3-7H,1-2H3/t3-,4+,5-,6-,7-,9?/m0/s1. The van der Waals surface area contributed by atoms with Crippen molar-refractivity contribution in [2.75, 3.05) is 7.11 Å². The number of amides is 1. The van der Waals surface area contributed by atoms with Gasteiger partial charge < -0.3 is 14.2 Å². The van der Waals surface area contributed by atoms with Gasteiger partial charge in [0, 0.05) is 7.11 Å². The van der Waals surface area contributed by atoms with Gasteiger partial charge in [-0.15, -0.1) is 0 Å². The molecule has 3 aliphatic rings. The van der Waals surface area contributed by atoms with E-state index in [9.17, 15) is 4.79 Å². The summed E-state index contributed by atoms with van der Waals surface area (Å²) in [7, 11) is 1.60. The number of hydrogen-bond donors (Lipinski definition) is 0. The van der Waals surface area contributed by atoms with Crippen molar-refractivity contribution in [3.8, 4) is 0 Å². The first kappa shape index (κ1) is 7.58. The highest BCUT2D eigenvalue weighted by Gasteiger charge is 2.70. The molecule has 3 rings (SSSR count). The molecule has 72 valence electrons. The highest BCUT2D eigenvalue weighted by atomic mass is 16.7. The first-order valence-electron chi connectivity index (χ1n) is 4.41. The molecule has 0 N–H and O–H groups in total. The van der Waals surface area contributed by atoms with E-state index in [1.54, 1.807) is 12.0 Å². The molecule has 0 saturated carbocycles. The molecule has 0 aromatic rings. The molecule has 3 heterocycles. The van der Waals surface area contributed by atoms with E-state index in [2.05, 4.69) is 0 Å². The van der Waals surface area contributed by atoms with Gasteiger partial charge in [0.15, 0.2) is 12.4 Å². The highest BCUT2D eigenvalue weighted by molar-refractivity contribution is 5.76. The molecule has 0 spiro atoms. The average Bonchev–Trinajstić information content (AvgIpc) is 2.75. The van der Waals surface area contributed by atoms with Crippen LogP contribution in [0.15, 0.2) is 0 Å². The molecule has 13 heavy (non-hydrogen) atoms. The van der Waals surface area contributed by atoms with Crippen LogP contribution >= 0.6 is 0 Å². The Balaban J connectivity index is 1.88. The van der Waals surface area contributed by atoms with Crippen LogP contribution in [0.2, 0.25) is 0 Å². The van der Waals surface area contributed by atoms with E-state index in [0.717, 1.165) is 0 Å². The number of methoxy groups -OCH3 is 1. The van der Waals surface area contributed by atoms with E-state index in [1.807, 2.05) is 6.92 Å². The number of carbonyl (C=O) groups excluding carboxylic acids is 1. The Morgan fingerprint density at radius 1 is 1.46 bits per heavy atom. The summed E-state index contributed by atoms with van der Waals surface area (Å²) in [5, 5.41) is 0. The number of rotatable bonds is 1. The lowest BCUT2D eigenvalue weighted by Gasteiger charge is -2.30. The summed E-state index contributed by atoms with van der Waals surface area (Å²) in [5.74, 6) is 0. The first-order valence-corrected chi connectivity index (χ1v) is 4.41. The Kier molecular flexibility index (Phi) is 1.26. The van der Waals surface area contributed by atoms with Crippen LogP contribution in [-0.2, 0) is 14.2 Å². The maximum atomic E-state index is 11.2. The minimum Gasteiger partial charge on any atom is -0.441 e. The second kappa shape index (κ2) is 2.16. The van der Waals surface area contributed by atoms with Crippen molar-refractivity contribution in [1.82, 2.24) is 4.90 Å². The minimum absolute atomic E-state index is 0.0670. The summed E-state index contributed by atoms with van der Waals surface area (Å²) in [6.45, 7) is 1.90. The van der Waals surface area contributed by atoms with Gasteiger partial charge in [-0.3, -0.25) is 4.90 Å². The van der Waals surface area contributed by atoms with Gasteiger partial charge >= 0.3 is 6.09 Å². The van der Waals surface area contributed by atoms with Gasteiger partial charge in [-0.25, -0.2) is 4.79 Å². The highest BCUT2D eigenvalue weighted by Crippen LogP contribution is 2.47. The van der Waals surface area contributed by atoms with Crippen LogP contribution in [0.5, 0.6) is 0 Å². The van der Waals surface area contributed by atoms with Gasteiger partial charge in [0.2, 0.25) is 0 Å². The number of ether oxygens (including phenoxy) is 3. The molecular formula is C8H11NO4. The Labute approximate surface area is 75.5 Å². The van der Waals surface area contributed by atoms with E-state index in [4.69, 9.17) is 14.2 Å². The zero-order valence-corrected chi connectivity index (χ0v) is 7.47. The van der Waals surface area contributed by atoms with Crippen molar-refractivity contribution >= 4 is 6.09 Å². The average molecular weight is 185 g/mol. The fourth-order valence-electron chi connectivity index (χ4n) is 2.34. The van der Waals surface area contributed by atoms with E-state index in [0.29, 0.717) is 0 Å². The van der Waals surface area contributed by atoms with Crippen LogP contribution in [0.4, 0.5) is 4.79 Å². The van der Waals surface area contributed by atoms with Crippen LogP contribution in [0, 0.1) is 0 Å². The van der Waals surface area contributed by atoms with Crippen molar-refractivity contribution in [3.05, 3.63) is 0 Å². The van der Waals surface area contributed by atoms with Crippen LogP contribution in [0.3, 0.4) is 0 Å². The SMILES string of the molecule is CO[C@H]1O[C@@H](C)[C@@H]2OC(=O)N3[C@H]1[C@H]23. The molecule has 0 aromatic heterocycles. The monoisotopic (exact) mass is 185 g/mol. The van der Waals surface area contributed by atoms with E-state index in [-0.39, 0.29) is 36.7 Å². The summed E-state index contributed by atoms with van der Waals surface area (Å²) in [6, 6.07) is 0.286. The molecule has 0 bridgehead atoms. The van der Waals surface area contributed by atoms with Crippen molar-refractivity contribution < 1.29 is 19.0 Å². The molecular weight excluding hydrogens is 174 g/mol. The van der Waals surface area contributed by atoms with Crippen LogP contribution in [0.1, 0.15) is 6.92 Å². The van der Waals surface area contributed by atoms with Crippen molar-refractivity contribution in [2.45, 2.75) is 37.5 Å². The number of fused-ring (bicyclic) bond motifs is 1. The normalized spacial score (nSPS) is 51.7. The van der Waals surface area contributed by atoms with Crippen molar-refractivity contribution in [2.24, 2.45) is 0 Å². The molecule has 0 aliphatic carbocycles. The van der Waals surface area contributed by atoms with Gasteiger partial charge in [0.25, 0.3) is 0 Å². The van der Waals surface area contributed by atoms with Gasteiger partial charge in [0.05, 0.1) is 6.10 Å². The summed E-state index contributed by atoms with van der Waals surface area (Å²) >= 11 is 0. The lowest BCUT2D eigenvalue weighted by molar-refractivity contribution is -0.196. The predicted octanol–water partition coefficient (Wildman–Crippen LogP) is -0.0508. The third kappa shape index (κ3) is 0.763. The minimum atomic E-state index is -0.274. The summed E-state index contributed by atoms with van der Waals surface area (Å²) in [5.41, 5.74) is 0. The van der Waals surface area contributed by atoms with E-state index < -0.39 is 0 Å². The third-order valence-electron chi connectivity index (χ3n) is 3.01. The van der Waals surface area contributed by atoms with Gasteiger partial charge in [-0.05, 0) is 6.92 Å². The Hall–Kier alpha value is -0.810. The van der Waals surface area contributed by atoms with Crippen LogP contribution in [0.25, 0.3) is 0 Å². The van der Waals surface area contributed by atoms with Crippen LogP contribution < -0.4 is 0 Å². The maximum Gasteiger partial charge on any atom is 0.411 e. The molecule has 1 amide bonds. The fourth-order valence-corrected chi connectivity index (χ4v) is 2.34. The molecule has 3 fully saturated rings. The fraction of sp³-hybridized carbons (Fsp3) is 0.875. The number of nitrogens with zero attached hydrogens (tertiary/aromatic N) is 1. The first-order chi connectivity index (χ1) is 6.24. The van der Waals surface area contributed by atoms with Gasteiger partial charge in [0.1, 0.15) is 12.1 Å². The van der Waals surface area contributed by atoms with Gasteiger partial charge in [-0.2, -0.15) is 0 Å². The largest absolute Gasteiger partial charge is 0.441 e. The molecule has 3 saturated heterocycles. The van der Waals surface area contributed by atoms with E-state index >= 15 is 0 Å². The van der Waals surface area contributed by atoms with E-state index in [1.165, 1.54) is 0 Å². The molecule has 3 aliphatic heterocycles. The second-order valence-electron chi connectivity index (χ2n) is 3.68. The third-order valence-corrected chi connectivity index (χ3v) is 3.01. The topological polar surface area (TPSA) is 47.8 Å². The molecule has 5 atom stereocenters. The maximum absolute atomic E-state index is 11.2. The summed E-state index contributed by atoms with van der Waals surface area (Å²) < 4.78 is 15.8. The number of hydrogen-bond acceptors (Lipinski definition) is 4. The van der Waals surface area contributed by atoms with Gasteiger partial charge in [-0.1, -0.05) is 0 Å². The lowest BCUT2D eigenvalue weighted by atomic mass is 10.1. The van der Waals surface area contributed by atoms with Crippen molar-refractivity contribution in [1.29, 1.82) is 0 Å². The summed E-state index contributed by atoms with van der Waals surface area (Å²) in [6.07, 6.45) is -0.659. The smallest absolute Gasteiger partial charge is 0.411 e. The Morgan fingerprint density at radius 2 is 2.23 bits per heavy atom. The Bertz CT molecular complexity index is 265. The van der Waals surface area contributed by atoms with Crippen LogP contribution in [-0.4, -0.2) is 48.7 Å². The zero-order valence-electron chi connectivity index (χ0n) is 7.47.